The standard InChI is InChI=1S/C28H31N5O3S2.ClH/c1-21-7-6-10-25-26(21)30-28(37-25)33-19-17-32(18-20-33)16-15-29-27(34)22-11-13-24(14-12-22)38(35,36)31(2)23-8-4-3-5-9-23;/h3-14H,15-20H2,1-2H3,(H,29,34);1H. The van der Waals surface area contributed by atoms with Gasteiger partial charge >= 0.3 is 0 Å². The minimum Gasteiger partial charge on any atom is -0.351 e. The van der Waals surface area contributed by atoms with E-state index in [1.807, 2.05) is 6.07 Å². The third-order valence-electron chi connectivity index (χ3n) is 6.86. The molecule has 0 bridgehead atoms. The van der Waals surface area contributed by atoms with Crippen LogP contribution in [0.5, 0.6) is 0 Å². The number of carbonyl (C=O) groups excluding carboxylic acids is 1. The van der Waals surface area contributed by atoms with Gasteiger partial charge in [0.25, 0.3) is 15.9 Å². The van der Waals surface area contributed by atoms with Crippen molar-refractivity contribution < 1.29 is 13.2 Å². The lowest BCUT2D eigenvalue weighted by Gasteiger charge is -2.34. The molecule has 5 rings (SSSR count). The number of aryl methyl sites for hydroxylation is 1. The minimum atomic E-state index is -3.71. The number of nitrogens with one attached hydrogen (secondary N) is 1. The minimum absolute atomic E-state index is 0. The fourth-order valence-electron chi connectivity index (χ4n) is 4.52. The number of anilines is 2. The summed E-state index contributed by atoms with van der Waals surface area (Å²) in [5.41, 5.74) is 3.30. The van der Waals surface area contributed by atoms with Crippen LogP contribution in [0.2, 0.25) is 0 Å². The van der Waals surface area contributed by atoms with E-state index >= 15 is 0 Å². The summed E-state index contributed by atoms with van der Waals surface area (Å²) in [6, 6.07) is 21.3. The van der Waals surface area contributed by atoms with Gasteiger partial charge in [-0.3, -0.25) is 14.0 Å². The lowest BCUT2D eigenvalue weighted by atomic mass is 10.2. The number of aromatic nitrogens is 1. The van der Waals surface area contributed by atoms with Gasteiger partial charge in [-0.25, -0.2) is 13.4 Å². The van der Waals surface area contributed by atoms with Gasteiger partial charge in [-0.05, 0) is 55.0 Å². The van der Waals surface area contributed by atoms with Crippen LogP contribution in [-0.4, -0.2) is 70.5 Å². The third-order valence-corrected chi connectivity index (χ3v) is 9.74. The van der Waals surface area contributed by atoms with E-state index in [1.165, 1.54) is 33.7 Å². The second-order valence-corrected chi connectivity index (χ2v) is 12.3. The maximum absolute atomic E-state index is 12.9. The molecule has 11 heteroatoms. The number of hydrogen-bond acceptors (Lipinski definition) is 7. The summed E-state index contributed by atoms with van der Waals surface area (Å²) in [7, 11) is -2.19. The van der Waals surface area contributed by atoms with Crippen molar-refractivity contribution in [1.82, 2.24) is 15.2 Å². The van der Waals surface area contributed by atoms with Gasteiger partial charge in [-0.15, -0.1) is 12.4 Å². The van der Waals surface area contributed by atoms with E-state index in [1.54, 1.807) is 47.7 Å². The predicted octanol–water partition coefficient (Wildman–Crippen LogP) is 4.40. The molecule has 0 aliphatic carbocycles. The van der Waals surface area contributed by atoms with Gasteiger partial charge in [0, 0.05) is 51.9 Å². The number of benzene rings is 3. The van der Waals surface area contributed by atoms with Crippen molar-refractivity contribution in [2.24, 2.45) is 0 Å². The summed E-state index contributed by atoms with van der Waals surface area (Å²) in [6.07, 6.45) is 0. The third kappa shape index (κ3) is 6.36. The monoisotopic (exact) mass is 585 g/mol. The molecule has 8 nitrogen and oxygen atoms in total. The highest BCUT2D eigenvalue weighted by Crippen LogP contribution is 2.31. The fraction of sp³-hybridized carbons (Fsp3) is 0.286. The molecule has 1 amide bonds. The largest absolute Gasteiger partial charge is 0.351 e. The molecule has 1 N–H and O–H groups in total. The number of fused-ring (bicyclic) bond motifs is 1. The number of sulfonamides is 1. The first kappa shape index (κ1) is 28.8. The Hall–Kier alpha value is -3.18. The number of halogens is 1. The maximum atomic E-state index is 12.9. The van der Waals surface area contributed by atoms with E-state index in [4.69, 9.17) is 4.98 Å². The first-order chi connectivity index (χ1) is 18.3. The van der Waals surface area contributed by atoms with Crippen LogP contribution in [0.1, 0.15) is 15.9 Å². The molecule has 4 aromatic rings. The number of piperazine rings is 1. The van der Waals surface area contributed by atoms with Crippen LogP contribution >= 0.6 is 23.7 Å². The van der Waals surface area contributed by atoms with E-state index in [0.717, 1.165) is 43.4 Å². The summed E-state index contributed by atoms with van der Waals surface area (Å²) in [5, 5.41) is 4.03. The van der Waals surface area contributed by atoms with Crippen molar-refractivity contribution in [2.45, 2.75) is 11.8 Å². The van der Waals surface area contributed by atoms with Crippen LogP contribution in [-0.2, 0) is 10.0 Å². The zero-order chi connectivity index (χ0) is 26.7. The summed E-state index contributed by atoms with van der Waals surface area (Å²) < 4.78 is 28.4. The number of hydrogen-bond donors (Lipinski definition) is 1. The van der Waals surface area contributed by atoms with Crippen molar-refractivity contribution in [1.29, 1.82) is 0 Å². The molecule has 0 saturated carbocycles. The Balaban J connectivity index is 0.00000353. The number of thiazole rings is 1. The summed E-state index contributed by atoms with van der Waals surface area (Å²) in [5.74, 6) is -0.214. The average Bonchev–Trinajstić information content (AvgIpc) is 3.39. The summed E-state index contributed by atoms with van der Waals surface area (Å²) in [4.78, 5) is 22.3. The van der Waals surface area contributed by atoms with Crippen LogP contribution in [0.4, 0.5) is 10.8 Å². The van der Waals surface area contributed by atoms with Gasteiger partial charge in [0.2, 0.25) is 0 Å². The van der Waals surface area contributed by atoms with Crippen molar-refractivity contribution in [3.05, 3.63) is 83.9 Å². The Labute approximate surface area is 239 Å². The molecule has 1 aromatic heterocycles. The normalized spacial score (nSPS) is 14.2. The van der Waals surface area contributed by atoms with Crippen LogP contribution in [0.15, 0.2) is 77.7 Å². The van der Waals surface area contributed by atoms with Crippen molar-refractivity contribution in [2.75, 3.05) is 55.5 Å². The van der Waals surface area contributed by atoms with E-state index in [0.29, 0.717) is 17.8 Å². The van der Waals surface area contributed by atoms with Crippen LogP contribution in [0.3, 0.4) is 0 Å². The average molecular weight is 586 g/mol. The quantitative estimate of drug-likeness (QED) is 0.330. The first-order valence-corrected chi connectivity index (χ1v) is 14.8. The summed E-state index contributed by atoms with van der Waals surface area (Å²) >= 11 is 1.74. The maximum Gasteiger partial charge on any atom is 0.264 e. The number of amides is 1. The van der Waals surface area contributed by atoms with Gasteiger partial charge in [0.05, 0.1) is 20.8 Å². The molecular formula is C28H32ClN5O3S2. The number of nitrogens with zero attached hydrogens (tertiary/aromatic N) is 4. The topological polar surface area (TPSA) is 85.8 Å². The van der Waals surface area contributed by atoms with Crippen LogP contribution in [0.25, 0.3) is 10.2 Å². The van der Waals surface area contributed by atoms with Crippen molar-refractivity contribution >= 4 is 60.7 Å². The molecule has 1 fully saturated rings. The van der Waals surface area contributed by atoms with Gasteiger partial charge in [0.15, 0.2) is 5.13 Å². The molecule has 0 spiro atoms. The molecule has 39 heavy (non-hydrogen) atoms. The first-order valence-electron chi connectivity index (χ1n) is 12.6. The van der Waals surface area contributed by atoms with E-state index in [2.05, 4.69) is 40.2 Å². The Bertz CT molecular complexity index is 1520. The highest BCUT2D eigenvalue weighted by atomic mass is 35.5. The van der Waals surface area contributed by atoms with Crippen LogP contribution in [0, 0.1) is 6.92 Å². The fourth-order valence-corrected chi connectivity index (χ4v) is 6.81. The molecule has 0 atom stereocenters. The second kappa shape index (κ2) is 12.3. The highest BCUT2D eigenvalue weighted by Gasteiger charge is 2.22. The molecule has 1 aliphatic heterocycles. The number of rotatable bonds is 8. The van der Waals surface area contributed by atoms with Gasteiger partial charge in [0.1, 0.15) is 0 Å². The van der Waals surface area contributed by atoms with E-state index in [9.17, 15) is 13.2 Å². The Kier molecular flexibility index (Phi) is 9.12. The lowest BCUT2D eigenvalue weighted by Crippen LogP contribution is -2.48. The SMILES string of the molecule is Cc1cccc2sc(N3CCN(CCNC(=O)c4ccc(S(=O)(=O)N(C)c5ccccc5)cc4)CC3)nc12.Cl. The van der Waals surface area contributed by atoms with Crippen molar-refractivity contribution in [3.63, 3.8) is 0 Å². The Morgan fingerprint density at radius 2 is 1.67 bits per heavy atom. The Morgan fingerprint density at radius 1 is 0.974 bits per heavy atom. The number of carbonyl (C=O) groups is 1. The molecule has 0 unspecified atom stereocenters. The molecule has 1 aliphatic rings. The molecule has 2 heterocycles. The molecule has 3 aromatic carbocycles. The lowest BCUT2D eigenvalue weighted by molar-refractivity contribution is 0.0947. The zero-order valence-corrected chi connectivity index (χ0v) is 24.4. The second-order valence-electron chi connectivity index (χ2n) is 9.34. The van der Waals surface area contributed by atoms with Gasteiger partial charge in [-0.2, -0.15) is 0 Å². The van der Waals surface area contributed by atoms with Gasteiger partial charge < -0.3 is 10.2 Å². The molecule has 0 radical (unpaired) electrons. The van der Waals surface area contributed by atoms with Gasteiger partial charge in [-0.1, -0.05) is 41.7 Å². The Morgan fingerprint density at radius 3 is 2.33 bits per heavy atom. The molecule has 206 valence electrons. The molecular weight excluding hydrogens is 554 g/mol. The van der Waals surface area contributed by atoms with E-state index in [-0.39, 0.29) is 23.2 Å². The predicted molar refractivity (Wildman–Crippen MR) is 161 cm³/mol. The van der Waals surface area contributed by atoms with Crippen molar-refractivity contribution in [3.8, 4) is 0 Å². The molecule has 1 saturated heterocycles. The zero-order valence-electron chi connectivity index (χ0n) is 21.9. The van der Waals surface area contributed by atoms with E-state index < -0.39 is 10.0 Å². The highest BCUT2D eigenvalue weighted by molar-refractivity contribution is 7.92. The van der Waals surface area contributed by atoms with Crippen LogP contribution < -0.4 is 14.5 Å². The number of para-hydroxylation sites is 2. The summed E-state index contributed by atoms with van der Waals surface area (Å²) in [6.45, 7) is 7.00. The smallest absolute Gasteiger partial charge is 0.264 e.